The van der Waals surface area contributed by atoms with Gasteiger partial charge in [-0.05, 0) is 16.8 Å². The highest BCUT2D eigenvalue weighted by Crippen LogP contribution is 2.18. The van der Waals surface area contributed by atoms with Crippen LogP contribution in [0.25, 0.3) is 0 Å². The minimum atomic E-state index is 0.969. The van der Waals surface area contributed by atoms with Gasteiger partial charge in [0.05, 0.1) is 0 Å². The first kappa shape index (κ1) is 25.7. The molecule has 0 saturated heterocycles. The Kier molecular flexibility index (Phi) is 23.4. The topological polar surface area (TPSA) is 0 Å². The first-order chi connectivity index (χ1) is 12.3. The molecule has 0 spiro atoms. The minimum absolute atomic E-state index is 0.969. The normalized spacial score (nSPS) is 12.6. The van der Waals surface area contributed by atoms with Gasteiger partial charge in [0.1, 0.15) is 0 Å². The summed E-state index contributed by atoms with van der Waals surface area (Å²) in [7, 11) is 0. The number of hydrogen-bond donors (Lipinski definition) is 0. The maximum Gasteiger partial charge on any atom is -0.000473 e. The fourth-order valence-corrected chi connectivity index (χ4v) is 4.31. The summed E-state index contributed by atoms with van der Waals surface area (Å²) in [5.74, 6) is 0.969. The van der Waals surface area contributed by atoms with Crippen molar-refractivity contribution in [1.82, 2.24) is 0 Å². The summed E-state index contributed by atoms with van der Waals surface area (Å²) in [5, 5.41) is 0. The lowest BCUT2D eigenvalue weighted by atomic mass is 9.96. The predicted octanol–water partition coefficient (Wildman–Crippen LogP) is 9.88. The molecule has 0 rings (SSSR count). The molecule has 0 aromatic rings. The van der Waals surface area contributed by atoms with Crippen LogP contribution in [0, 0.1) is 5.92 Å². The lowest BCUT2D eigenvalue weighted by Crippen LogP contribution is -1.95. The molecule has 0 saturated carbocycles. The number of hydrogen-bond acceptors (Lipinski definition) is 0. The molecule has 0 aliphatic rings. The lowest BCUT2D eigenvalue weighted by Gasteiger charge is -2.11. The van der Waals surface area contributed by atoms with Gasteiger partial charge in [-0.1, -0.05) is 158 Å². The standard InChI is InChI=1S/C24H49I/c1-3-4-5-6-7-8-9-10-11-12-13-14-15-18-21-24(2)22-19-16-17-20-23-25/h24H,3-23H2,1-2H3. The van der Waals surface area contributed by atoms with E-state index in [0.717, 1.165) is 5.92 Å². The average Bonchev–Trinajstić information content (AvgIpc) is 2.62. The molecule has 152 valence electrons. The van der Waals surface area contributed by atoms with E-state index in [1.807, 2.05) is 0 Å². The van der Waals surface area contributed by atoms with E-state index in [1.165, 1.54) is 133 Å². The van der Waals surface area contributed by atoms with E-state index in [2.05, 4.69) is 36.4 Å². The molecule has 0 N–H and O–H groups in total. The first-order valence-corrected chi connectivity index (χ1v) is 13.4. The zero-order valence-electron chi connectivity index (χ0n) is 17.8. The molecule has 0 radical (unpaired) electrons. The van der Waals surface area contributed by atoms with Crippen molar-refractivity contribution in [1.29, 1.82) is 0 Å². The monoisotopic (exact) mass is 464 g/mol. The van der Waals surface area contributed by atoms with E-state index in [0.29, 0.717) is 0 Å². The molecule has 1 atom stereocenters. The van der Waals surface area contributed by atoms with E-state index < -0.39 is 0 Å². The van der Waals surface area contributed by atoms with Crippen LogP contribution in [-0.2, 0) is 0 Å². The molecule has 25 heavy (non-hydrogen) atoms. The molecule has 1 unspecified atom stereocenters. The Morgan fingerprint density at radius 2 is 0.800 bits per heavy atom. The minimum Gasteiger partial charge on any atom is -0.0864 e. The van der Waals surface area contributed by atoms with E-state index in [-0.39, 0.29) is 0 Å². The predicted molar refractivity (Wildman–Crippen MR) is 126 cm³/mol. The van der Waals surface area contributed by atoms with Crippen molar-refractivity contribution in [3.63, 3.8) is 0 Å². The number of rotatable bonds is 21. The molecular formula is C24H49I. The summed E-state index contributed by atoms with van der Waals surface area (Å²) in [6, 6.07) is 0. The fourth-order valence-electron chi connectivity index (χ4n) is 3.77. The lowest BCUT2D eigenvalue weighted by molar-refractivity contribution is 0.433. The van der Waals surface area contributed by atoms with Crippen molar-refractivity contribution in [2.45, 2.75) is 142 Å². The summed E-state index contributed by atoms with van der Waals surface area (Å²) < 4.78 is 1.34. The second-order valence-corrected chi connectivity index (χ2v) is 9.46. The Labute approximate surface area is 174 Å². The number of alkyl halides is 1. The molecule has 1 heteroatoms. The third-order valence-corrected chi connectivity index (χ3v) is 6.39. The zero-order chi connectivity index (χ0) is 18.4. The van der Waals surface area contributed by atoms with Crippen molar-refractivity contribution in [3.05, 3.63) is 0 Å². The van der Waals surface area contributed by atoms with Crippen LogP contribution in [0.1, 0.15) is 142 Å². The van der Waals surface area contributed by atoms with Gasteiger partial charge in [0.25, 0.3) is 0 Å². The Morgan fingerprint density at radius 1 is 0.480 bits per heavy atom. The van der Waals surface area contributed by atoms with Gasteiger partial charge in [0.15, 0.2) is 0 Å². The summed E-state index contributed by atoms with van der Waals surface area (Å²) >= 11 is 2.50. The Balaban J connectivity index is 3.08. The van der Waals surface area contributed by atoms with Crippen LogP contribution >= 0.6 is 22.6 Å². The molecule has 0 nitrogen and oxygen atoms in total. The van der Waals surface area contributed by atoms with Gasteiger partial charge < -0.3 is 0 Å². The van der Waals surface area contributed by atoms with Crippen LogP contribution in [0.4, 0.5) is 0 Å². The second-order valence-electron chi connectivity index (χ2n) is 8.38. The van der Waals surface area contributed by atoms with Crippen LogP contribution in [0.5, 0.6) is 0 Å². The molecule has 0 amide bonds. The summed E-state index contributed by atoms with van der Waals surface area (Å²) in [6.45, 7) is 4.77. The SMILES string of the molecule is CCCCCCCCCCCCCCCCC(C)CCCCCCI. The van der Waals surface area contributed by atoms with Gasteiger partial charge in [-0.25, -0.2) is 0 Å². The van der Waals surface area contributed by atoms with Crippen molar-refractivity contribution in [2.24, 2.45) is 5.92 Å². The summed E-state index contributed by atoms with van der Waals surface area (Å²) in [5.41, 5.74) is 0. The van der Waals surface area contributed by atoms with Crippen LogP contribution in [-0.4, -0.2) is 4.43 Å². The van der Waals surface area contributed by atoms with Gasteiger partial charge in [-0.2, -0.15) is 0 Å². The fraction of sp³-hybridized carbons (Fsp3) is 1.00. The summed E-state index contributed by atoms with van der Waals surface area (Å²) in [4.78, 5) is 0. The van der Waals surface area contributed by atoms with E-state index in [1.54, 1.807) is 0 Å². The molecule has 0 aromatic carbocycles. The Bertz CT molecular complexity index is 226. The van der Waals surface area contributed by atoms with Crippen LogP contribution in [0.15, 0.2) is 0 Å². The quantitative estimate of drug-likeness (QED) is 0.0901. The van der Waals surface area contributed by atoms with Crippen molar-refractivity contribution in [2.75, 3.05) is 4.43 Å². The molecule has 0 heterocycles. The average molecular weight is 465 g/mol. The molecule has 0 aliphatic carbocycles. The van der Waals surface area contributed by atoms with Gasteiger partial charge in [0.2, 0.25) is 0 Å². The van der Waals surface area contributed by atoms with Crippen molar-refractivity contribution in [3.8, 4) is 0 Å². The van der Waals surface area contributed by atoms with E-state index in [9.17, 15) is 0 Å². The molecule has 0 aromatic heterocycles. The third kappa shape index (κ3) is 22.7. The molecule has 0 fully saturated rings. The smallest absolute Gasteiger partial charge is 0.000473 e. The van der Waals surface area contributed by atoms with Crippen LogP contribution < -0.4 is 0 Å². The first-order valence-electron chi connectivity index (χ1n) is 11.9. The van der Waals surface area contributed by atoms with Crippen molar-refractivity contribution < 1.29 is 0 Å². The van der Waals surface area contributed by atoms with E-state index in [4.69, 9.17) is 0 Å². The Morgan fingerprint density at radius 3 is 1.16 bits per heavy atom. The summed E-state index contributed by atoms with van der Waals surface area (Å²) in [6.07, 6.45) is 29.4. The third-order valence-electron chi connectivity index (χ3n) is 5.63. The number of halogens is 1. The van der Waals surface area contributed by atoms with Gasteiger partial charge in [-0.15, -0.1) is 0 Å². The highest BCUT2D eigenvalue weighted by Gasteiger charge is 2.02. The van der Waals surface area contributed by atoms with Gasteiger partial charge >= 0.3 is 0 Å². The largest absolute Gasteiger partial charge is 0.0864 e. The molecule has 0 aliphatic heterocycles. The Hall–Kier alpha value is 0.730. The van der Waals surface area contributed by atoms with E-state index >= 15 is 0 Å². The highest BCUT2D eigenvalue weighted by atomic mass is 127. The second kappa shape index (κ2) is 22.8. The maximum atomic E-state index is 2.50. The van der Waals surface area contributed by atoms with Crippen LogP contribution in [0.3, 0.4) is 0 Å². The molecule has 0 bridgehead atoms. The maximum absolute atomic E-state index is 2.50. The van der Waals surface area contributed by atoms with Crippen molar-refractivity contribution >= 4 is 22.6 Å². The van der Waals surface area contributed by atoms with Crippen LogP contribution in [0.2, 0.25) is 0 Å². The highest BCUT2D eigenvalue weighted by molar-refractivity contribution is 14.1. The van der Waals surface area contributed by atoms with Gasteiger partial charge in [0, 0.05) is 0 Å². The number of unbranched alkanes of at least 4 members (excludes halogenated alkanes) is 16. The zero-order valence-corrected chi connectivity index (χ0v) is 20.0. The molecular weight excluding hydrogens is 415 g/mol. The van der Waals surface area contributed by atoms with Gasteiger partial charge in [-0.3, -0.25) is 0 Å².